The number of hydrogen-bond donors (Lipinski definition) is 1. The normalized spacial score (nSPS) is 16.0. The summed E-state index contributed by atoms with van der Waals surface area (Å²) >= 11 is 0. The van der Waals surface area contributed by atoms with Crippen molar-refractivity contribution in [2.45, 2.75) is 19.3 Å². The summed E-state index contributed by atoms with van der Waals surface area (Å²) in [6.45, 7) is 1.66. The monoisotopic (exact) mass is 309 g/mol. The van der Waals surface area contributed by atoms with Crippen LogP contribution in [0.2, 0.25) is 0 Å². The predicted molar refractivity (Wildman–Crippen MR) is 87.8 cm³/mol. The molecular formula is C18H19N3O2. The van der Waals surface area contributed by atoms with E-state index in [2.05, 4.69) is 9.55 Å². The first-order valence-corrected chi connectivity index (χ1v) is 8.01. The fourth-order valence-corrected chi connectivity index (χ4v) is 3.21. The van der Waals surface area contributed by atoms with Crippen LogP contribution >= 0.6 is 0 Å². The van der Waals surface area contributed by atoms with Crippen LogP contribution in [-0.2, 0) is 11.2 Å². The number of fused-ring (bicyclic) bond motifs is 1. The number of nitrogens with zero attached hydrogens (tertiary/aromatic N) is 3. The Hall–Kier alpha value is -2.40. The van der Waals surface area contributed by atoms with Gasteiger partial charge < -0.3 is 9.84 Å². The molecule has 3 aromatic rings. The molecule has 0 unspecified atom stereocenters. The third kappa shape index (κ3) is 2.80. The van der Waals surface area contributed by atoms with Crippen molar-refractivity contribution in [2.75, 3.05) is 13.2 Å². The molecule has 1 N–H and O–H groups in total. The first-order valence-electron chi connectivity index (χ1n) is 8.01. The van der Waals surface area contributed by atoms with Crippen LogP contribution in [-0.4, -0.2) is 32.9 Å². The maximum Gasteiger partial charge on any atom is 0.164 e. The number of aromatic hydroxyl groups is 1. The van der Waals surface area contributed by atoms with Gasteiger partial charge in [-0.1, -0.05) is 6.07 Å². The predicted octanol–water partition coefficient (Wildman–Crippen LogP) is 3.10. The second-order valence-corrected chi connectivity index (χ2v) is 5.99. The van der Waals surface area contributed by atoms with Gasteiger partial charge in [-0.05, 0) is 43.0 Å². The van der Waals surface area contributed by atoms with E-state index in [0.29, 0.717) is 5.92 Å². The lowest BCUT2D eigenvalue weighted by Gasteiger charge is -2.22. The van der Waals surface area contributed by atoms with E-state index in [1.807, 2.05) is 24.3 Å². The minimum Gasteiger partial charge on any atom is -0.508 e. The standard InChI is InChI=1S/C18H19N3O2/c22-15-4-1-3-14(12-15)21-17(11-13-6-9-23-10-7-13)20-16-5-2-8-19-18(16)21/h1-5,8,12-13,22H,6-7,9-11H2. The van der Waals surface area contributed by atoms with Crippen LogP contribution in [0.4, 0.5) is 0 Å². The molecule has 1 saturated heterocycles. The summed E-state index contributed by atoms with van der Waals surface area (Å²) < 4.78 is 7.51. The molecule has 0 bridgehead atoms. The molecule has 1 fully saturated rings. The fourth-order valence-electron chi connectivity index (χ4n) is 3.21. The first-order chi connectivity index (χ1) is 11.3. The molecule has 4 rings (SSSR count). The third-order valence-corrected chi connectivity index (χ3v) is 4.39. The van der Waals surface area contributed by atoms with Crippen molar-refractivity contribution >= 4 is 11.2 Å². The van der Waals surface area contributed by atoms with E-state index in [-0.39, 0.29) is 5.75 Å². The summed E-state index contributed by atoms with van der Waals surface area (Å²) in [5, 5.41) is 9.83. The number of aromatic nitrogens is 3. The smallest absolute Gasteiger partial charge is 0.164 e. The zero-order valence-electron chi connectivity index (χ0n) is 12.9. The molecule has 0 radical (unpaired) electrons. The van der Waals surface area contributed by atoms with E-state index in [9.17, 15) is 5.11 Å². The summed E-state index contributed by atoms with van der Waals surface area (Å²) in [7, 11) is 0. The molecular weight excluding hydrogens is 290 g/mol. The Morgan fingerprint density at radius 1 is 1.17 bits per heavy atom. The molecule has 0 aliphatic carbocycles. The van der Waals surface area contributed by atoms with Crippen molar-refractivity contribution in [1.29, 1.82) is 0 Å². The maximum absolute atomic E-state index is 9.83. The molecule has 0 spiro atoms. The summed E-state index contributed by atoms with van der Waals surface area (Å²) in [4.78, 5) is 9.29. The summed E-state index contributed by atoms with van der Waals surface area (Å²) in [5.74, 6) is 1.82. The van der Waals surface area contributed by atoms with Crippen molar-refractivity contribution in [2.24, 2.45) is 5.92 Å². The van der Waals surface area contributed by atoms with Crippen molar-refractivity contribution in [3.05, 3.63) is 48.4 Å². The van der Waals surface area contributed by atoms with Gasteiger partial charge in [-0.2, -0.15) is 0 Å². The van der Waals surface area contributed by atoms with Gasteiger partial charge >= 0.3 is 0 Å². The topological polar surface area (TPSA) is 60.2 Å². The van der Waals surface area contributed by atoms with Gasteiger partial charge in [0.25, 0.3) is 0 Å². The molecule has 5 nitrogen and oxygen atoms in total. The maximum atomic E-state index is 9.83. The largest absolute Gasteiger partial charge is 0.508 e. The Labute approximate surface area is 134 Å². The highest BCUT2D eigenvalue weighted by Gasteiger charge is 2.20. The number of benzene rings is 1. The van der Waals surface area contributed by atoms with Crippen LogP contribution in [0, 0.1) is 5.92 Å². The Morgan fingerprint density at radius 2 is 2.04 bits per heavy atom. The SMILES string of the molecule is Oc1cccc(-n2c(CC3CCOCC3)nc3cccnc32)c1. The molecule has 118 valence electrons. The average Bonchev–Trinajstić information content (AvgIpc) is 2.93. The van der Waals surface area contributed by atoms with Gasteiger partial charge in [-0.15, -0.1) is 0 Å². The molecule has 1 aromatic carbocycles. The number of phenols is 1. The van der Waals surface area contributed by atoms with E-state index in [1.54, 1.807) is 18.3 Å². The van der Waals surface area contributed by atoms with Crippen LogP contribution in [0.5, 0.6) is 5.75 Å². The van der Waals surface area contributed by atoms with Crippen LogP contribution in [0.3, 0.4) is 0 Å². The van der Waals surface area contributed by atoms with Gasteiger partial charge in [0.15, 0.2) is 5.65 Å². The van der Waals surface area contributed by atoms with E-state index >= 15 is 0 Å². The highest BCUT2D eigenvalue weighted by atomic mass is 16.5. The summed E-state index contributed by atoms with van der Waals surface area (Å²) in [6, 6.07) is 11.1. The molecule has 5 heteroatoms. The van der Waals surface area contributed by atoms with Crippen LogP contribution in [0.15, 0.2) is 42.6 Å². The number of hydrogen-bond acceptors (Lipinski definition) is 4. The molecule has 1 aliphatic heterocycles. The number of rotatable bonds is 3. The van der Waals surface area contributed by atoms with Crippen LogP contribution < -0.4 is 0 Å². The van der Waals surface area contributed by atoms with Gasteiger partial charge in [0.05, 0.1) is 5.69 Å². The summed E-state index contributed by atoms with van der Waals surface area (Å²) in [6.07, 6.45) is 4.81. The number of phenolic OH excluding ortho intramolecular Hbond substituents is 1. The quantitative estimate of drug-likeness (QED) is 0.807. The number of imidazole rings is 1. The van der Waals surface area contributed by atoms with E-state index in [4.69, 9.17) is 9.72 Å². The third-order valence-electron chi connectivity index (χ3n) is 4.39. The van der Waals surface area contributed by atoms with Gasteiger partial charge in [-0.3, -0.25) is 4.57 Å². The molecule has 3 heterocycles. The Balaban J connectivity index is 1.81. The lowest BCUT2D eigenvalue weighted by atomic mass is 9.96. The van der Waals surface area contributed by atoms with Gasteiger partial charge in [0, 0.05) is 31.9 Å². The Morgan fingerprint density at radius 3 is 2.87 bits per heavy atom. The van der Waals surface area contributed by atoms with Crippen molar-refractivity contribution in [3.8, 4) is 11.4 Å². The van der Waals surface area contributed by atoms with Crippen molar-refractivity contribution in [1.82, 2.24) is 14.5 Å². The minimum atomic E-state index is 0.247. The van der Waals surface area contributed by atoms with Gasteiger partial charge in [-0.25, -0.2) is 9.97 Å². The van der Waals surface area contributed by atoms with Crippen molar-refractivity contribution < 1.29 is 9.84 Å². The van der Waals surface area contributed by atoms with Crippen LogP contribution in [0.1, 0.15) is 18.7 Å². The Bertz CT molecular complexity index is 822. The van der Waals surface area contributed by atoms with E-state index in [0.717, 1.165) is 55.2 Å². The zero-order valence-corrected chi connectivity index (χ0v) is 12.9. The fraction of sp³-hybridized carbons (Fsp3) is 0.333. The Kier molecular flexibility index (Phi) is 3.71. The molecule has 0 amide bonds. The molecule has 0 saturated carbocycles. The number of pyridine rings is 1. The first kappa shape index (κ1) is 14.2. The lowest BCUT2D eigenvalue weighted by molar-refractivity contribution is 0.0659. The zero-order chi connectivity index (χ0) is 15.6. The summed E-state index contributed by atoms with van der Waals surface area (Å²) in [5.41, 5.74) is 2.62. The molecule has 2 aromatic heterocycles. The van der Waals surface area contributed by atoms with Crippen molar-refractivity contribution in [3.63, 3.8) is 0 Å². The highest BCUT2D eigenvalue weighted by molar-refractivity contribution is 5.74. The molecule has 1 aliphatic rings. The van der Waals surface area contributed by atoms with E-state index in [1.165, 1.54) is 0 Å². The van der Waals surface area contributed by atoms with E-state index < -0.39 is 0 Å². The van der Waals surface area contributed by atoms with Gasteiger partial charge in [0.1, 0.15) is 17.1 Å². The highest BCUT2D eigenvalue weighted by Crippen LogP contribution is 2.26. The minimum absolute atomic E-state index is 0.247. The average molecular weight is 309 g/mol. The number of ether oxygens (including phenoxy) is 1. The second kappa shape index (κ2) is 6.01. The lowest BCUT2D eigenvalue weighted by Crippen LogP contribution is -2.19. The second-order valence-electron chi connectivity index (χ2n) is 5.99. The molecule has 0 atom stereocenters. The van der Waals surface area contributed by atoms with Gasteiger partial charge in [0.2, 0.25) is 0 Å². The molecule has 23 heavy (non-hydrogen) atoms. The van der Waals surface area contributed by atoms with Crippen LogP contribution in [0.25, 0.3) is 16.9 Å².